The minimum Gasteiger partial charge on any atom is -0.480 e. The van der Waals surface area contributed by atoms with Crippen LogP contribution in [0.15, 0.2) is 0 Å². The molecule has 9 nitrogen and oxygen atoms in total. The third-order valence-corrected chi connectivity index (χ3v) is 3.17. The zero-order valence-electron chi connectivity index (χ0n) is 13.8. The molecule has 5 unspecified atom stereocenters. The molecular weight excluding hydrogens is 306 g/mol. The summed E-state index contributed by atoms with van der Waals surface area (Å²) >= 11 is 0. The van der Waals surface area contributed by atoms with Crippen molar-refractivity contribution < 1.29 is 29.7 Å². The van der Waals surface area contributed by atoms with Crippen LogP contribution in [0.5, 0.6) is 0 Å². The van der Waals surface area contributed by atoms with Crippen molar-refractivity contribution in [3.63, 3.8) is 0 Å². The number of nitrogens with two attached hydrogens (primary N) is 1. The molecule has 0 aromatic heterocycles. The second-order valence-corrected chi connectivity index (χ2v) is 6.03. The number of hydrogen-bond donors (Lipinski definition) is 6. The van der Waals surface area contributed by atoms with Gasteiger partial charge in [0.2, 0.25) is 11.8 Å². The smallest absolute Gasteiger partial charge is 0.328 e. The van der Waals surface area contributed by atoms with E-state index in [9.17, 15) is 24.6 Å². The van der Waals surface area contributed by atoms with E-state index in [-0.39, 0.29) is 5.92 Å². The summed E-state index contributed by atoms with van der Waals surface area (Å²) in [5.41, 5.74) is 5.70. The van der Waals surface area contributed by atoms with Crippen LogP contribution in [0.3, 0.4) is 0 Å². The van der Waals surface area contributed by atoms with Crippen LogP contribution in [-0.2, 0) is 14.4 Å². The molecule has 0 spiro atoms. The van der Waals surface area contributed by atoms with Crippen LogP contribution in [0.25, 0.3) is 0 Å². The van der Waals surface area contributed by atoms with Crippen LogP contribution in [0, 0.1) is 5.92 Å². The molecular formula is C14H27N3O6. The molecule has 134 valence electrons. The SMILES string of the molecule is CC(C)CC(N)C(=O)NC(C(=O)NC(C(=O)O)C(C)O)C(C)O. The van der Waals surface area contributed by atoms with Crippen molar-refractivity contribution >= 4 is 17.8 Å². The average Bonchev–Trinajstić information content (AvgIpc) is 2.39. The molecule has 0 saturated carbocycles. The Morgan fingerprint density at radius 3 is 1.70 bits per heavy atom. The average molecular weight is 333 g/mol. The molecule has 0 aliphatic rings. The first-order valence-electron chi connectivity index (χ1n) is 7.42. The van der Waals surface area contributed by atoms with Crippen LogP contribution < -0.4 is 16.4 Å². The molecule has 0 aromatic carbocycles. The second kappa shape index (κ2) is 9.43. The molecule has 0 aromatic rings. The third-order valence-electron chi connectivity index (χ3n) is 3.17. The number of amides is 2. The maximum Gasteiger partial charge on any atom is 0.328 e. The first-order chi connectivity index (χ1) is 10.5. The second-order valence-electron chi connectivity index (χ2n) is 6.03. The van der Waals surface area contributed by atoms with Crippen LogP contribution in [0.1, 0.15) is 34.1 Å². The van der Waals surface area contributed by atoms with E-state index in [0.29, 0.717) is 6.42 Å². The summed E-state index contributed by atoms with van der Waals surface area (Å²) in [4.78, 5) is 35.0. The van der Waals surface area contributed by atoms with E-state index in [1.807, 2.05) is 13.8 Å². The van der Waals surface area contributed by atoms with Crippen LogP contribution in [0.4, 0.5) is 0 Å². The summed E-state index contributed by atoms with van der Waals surface area (Å²) in [5.74, 6) is -2.80. The summed E-state index contributed by atoms with van der Waals surface area (Å²) in [6, 6.07) is -3.78. The molecule has 0 aliphatic carbocycles. The van der Waals surface area contributed by atoms with Gasteiger partial charge in [0, 0.05) is 0 Å². The van der Waals surface area contributed by atoms with Gasteiger partial charge >= 0.3 is 5.97 Å². The number of carbonyl (C=O) groups is 3. The number of hydrogen-bond acceptors (Lipinski definition) is 6. The van der Waals surface area contributed by atoms with Crippen LogP contribution in [0.2, 0.25) is 0 Å². The van der Waals surface area contributed by atoms with Crippen molar-refractivity contribution in [2.24, 2.45) is 11.7 Å². The molecule has 9 heteroatoms. The fourth-order valence-corrected chi connectivity index (χ4v) is 1.91. The lowest BCUT2D eigenvalue weighted by Gasteiger charge is -2.25. The van der Waals surface area contributed by atoms with Gasteiger partial charge in [-0.25, -0.2) is 4.79 Å². The van der Waals surface area contributed by atoms with Crippen molar-refractivity contribution in [2.45, 2.75) is 64.4 Å². The van der Waals surface area contributed by atoms with Crippen molar-refractivity contribution in [1.29, 1.82) is 0 Å². The number of nitrogens with one attached hydrogen (secondary N) is 2. The highest BCUT2D eigenvalue weighted by Crippen LogP contribution is 2.04. The quantitative estimate of drug-likeness (QED) is 0.289. The monoisotopic (exact) mass is 333 g/mol. The highest BCUT2D eigenvalue weighted by Gasteiger charge is 2.32. The molecule has 0 heterocycles. The van der Waals surface area contributed by atoms with Crippen LogP contribution in [-0.4, -0.2) is 63.4 Å². The normalized spacial score (nSPS) is 17.7. The summed E-state index contributed by atoms with van der Waals surface area (Å²) < 4.78 is 0. The molecule has 0 saturated heterocycles. The van der Waals surface area contributed by atoms with E-state index in [4.69, 9.17) is 10.8 Å². The van der Waals surface area contributed by atoms with Crippen LogP contribution >= 0.6 is 0 Å². The Hall–Kier alpha value is -1.71. The first-order valence-corrected chi connectivity index (χ1v) is 7.42. The van der Waals surface area contributed by atoms with Crippen molar-refractivity contribution in [2.75, 3.05) is 0 Å². The van der Waals surface area contributed by atoms with Gasteiger partial charge in [0.15, 0.2) is 6.04 Å². The van der Waals surface area contributed by atoms with E-state index < -0.39 is 48.1 Å². The molecule has 7 N–H and O–H groups in total. The fourth-order valence-electron chi connectivity index (χ4n) is 1.91. The Balaban J connectivity index is 4.94. The Morgan fingerprint density at radius 2 is 1.35 bits per heavy atom. The van der Waals surface area contributed by atoms with Crippen molar-refractivity contribution in [1.82, 2.24) is 10.6 Å². The Labute approximate surface area is 135 Å². The van der Waals surface area contributed by atoms with Gasteiger partial charge in [-0.1, -0.05) is 13.8 Å². The number of rotatable bonds is 9. The lowest BCUT2D eigenvalue weighted by atomic mass is 10.0. The van der Waals surface area contributed by atoms with Gasteiger partial charge < -0.3 is 31.7 Å². The molecule has 0 aliphatic heterocycles. The molecule has 23 heavy (non-hydrogen) atoms. The number of aliphatic hydroxyl groups excluding tert-OH is 2. The Morgan fingerprint density at radius 1 is 0.913 bits per heavy atom. The standard InChI is InChI=1S/C14H27N3O6/c1-6(2)5-9(15)12(20)16-10(7(3)18)13(21)17-11(8(4)19)14(22)23/h6-11,18-19H,5,15H2,1-4H3,(H,16,20)(H,17,21)(H,22,23). The minimum atomic E-state index is -1.55. The fraction of sp³-hybridized carbons (Fsp3) is 0.786. The molecule has 0 radical (unpaired) electrons. The van der Waals surface area contributed by atoms with Gasteiger partial charge in [0.25, 0.3) is 0 Å². The lowest BCUT2D eigenvalue weighted by Crippen LogP contribution is -2.59. The van der Waals surface area contributed by atoms with E-state index in [0.717, 1.165) is 0 Å². The lowest BCUT2D eigenvalue weighted by molar-refractivity contribution is -0.145. The first kappa shape index (κ1) is 21.3. The summed E-state index contributed by atoms with van der Waals surface area (Å²) in [7, 11) is 0. The molecule has 2 amide bonds. The van der Waals surface area contributed by atoms with Crippen molar-refractivity contribution in [3.05, 3.63) is 0 Å². The predicted molar refractivity (Wildman–Crippen MR) is 82.3 cm³/mol. The van der Waals surface area contributed by atoms with Crippen molar-refractivity contribution in [3.8, 4) is 0 Å². The Kier molecular flexibility index (Phi) is 8.73. The number of carboxylic acids is 1. The topological polar surface area (TPSA) is 162 Å². The number of carboxylic acid groups (broad SMARTS) is 1. The van der Waals surface area contributed by atoms with E-state index in [1.165, 1.54) is 13.8 Å². The maximum atomic E-state index is 12.1. The van der Waals surface area contributed by atoms with Gasteiger partial charge in [0.05, 0.1) is 18.2 Å². The van der Waals surface area contributed by atoms with Gasteiger partial charge in [-0.15, -0.1) is 0 Å². The molecule has 0 fully saturated rings. The number of aliphatic hydroxyl groups is 2. The maximum absolute atomic E-state index is 12.1. The van der Waals surface area contributed by atoms with E-state index >= 15 is 0 Å². The number of carbonyl (C=O) groups excluding carboxylic acids is 2. The third kappa shape index (κ3) is 7.40. The molecule has 0 rings (SSSR count). The molecule has 5 atom stereocenters. The summed E-state index contributed by atoms with van der Waals surface area (Å²) in [6.45, 7) is 6.24. The zero-order valence-corrected chi connectivity index (χ0v) is 13.8. The minimum absolute atomic E-state index is 0.168. The van der Waals surface area contributed by atoms with Gasteiger partial charge in [0.1, 0.15) is 6.04 Å². The summed E-state index contributed by atoms with van der Waals surface area (Å²) in [5, 5.41) is 32.3. The molecule has 0 bridgehead atoms. The largest absolute Gasteiger partial charge is 0.480 e. The summed E-state index contributed by atoms with van der Waals surface area (Å²) in [6.07, 6.45) is -2.22. The highest BCUT2D eigenvalue weighted by molar-refractivity contribution is 5.92. The Bertz CT molecular complexity index is 425. The number of aliphatic carboxylic acids is 1. The highest BCUT2D eigenvalue weighted by atomic mass is 16.4. The zero-order chi connectivity index (χ0) is 18.3. The van der Waals surface area contributed by atoms with Gasteiger partial charge in [-0.05, 0) is 26.2 Å². The van der Waals surface area contributed by atoms with Gasteiger partial charge in [-0.3, -0.25) is 9.59 Å². The van der Waals surface area contributed by atoms with E-state index in [2.05, 4.69) is 10.6 Å². The predicted octanol–water partition coefficient (Wildman–Crippen LogP) is -1.82. The van der Waals surface area contributed by atoms with E-state index in [1.54, 1.807) is 0 Å². The van der Waals surface area contributed by atoms with Gasteiger partial charge in [-0.2, -0.15) is 0 Å².